The minimum absolute atomic E-state index is 0.00837. The first-order valence-electron chi connectivity index (χ1n) is 8.57. The Morgan fingerprint density at radius 2 is 1.88 bits per heavy atom. The van der Waals surface area contributed by atoms with E-state index in [2.05, 4.69) is 29.2 Å². The number of thioether (sulfide) groups is 1. The smallest absolute Gasteiger partial charge is 0.242 e. The fraction of sp³-hybridized carbons (Fsp3) is 0.556. The summed E-state index contributed by atoms with van der Waals surface area (Å²) < 4.78 is 0. The largest absolute Gasteiger partial charge is 0.372 e. The Bertz CT molecular complexity index is 584. The number of amides is 2. The molecule has 2 aliphatic rings. The lowest BCUT2D eigenvalue weighted by atomic mass is 10.1. The molecule has 6 heteroatoms. The molecule has 0 saturated carbocycles. The summed E-state index contributed by atoms with van der Waals surface area (Å²) in [4.78, 5) is 29.6. The average Bonchev–Trinajstić information content (AvgIpc) is 3.01. The topological polar surface area (TPSA) is 43.9 Å². The van der Waals surface area contributed by atoms with Gasteiger partial charge in [-0.2, -0.15) is 0 Å². The van der Waals surface area contributed by atoms with Crippen molar-refractivity contribution in [3.05, 3.63) is 29.8 Å². The van der Waals surface area contributed by atoms with Gasteiger partial charge in [-0.3, -0.25) is 9.59 Å². The number of rotatable bonds is 5. The molecule has 1 aromatic carbocycles. The molecule has 0 bridgehead atoms. The standard InChI is InChI=1S/C18H25N3O2S/c1-19(17(22)12-21-14-24-13-18(21)23)11-15-5-7-16(8-6-15)20-9-3-2-4-10-20/h5-8H,2-4,9-14H2,1H3. The molecule has 0 spiro atoms. The van der Waals surface area contributed by atoms with Crippen molar-refractivity contribution >= 4 is 29.3 Å². The predicted molar refractivity (Wildman–Crippen MR) is 98.0 cm³/mol. The van der Waals surface area contributed by atoms with Crippen molar-refractivity contribution < 1.29 is 9.59 Å². The molecule has 0 aromatic heterocycles. The molecule has 0 aliphatic carbocycles. The summed E-state index contributed by atoms with van der Waals surface area (Å²) in [6.07, 6.45) is 3.87. The maximum absolute atomic E-state index is 12.3. The number of anilines is 1. The van der Waals surface area contributed by atoms with Gasteiger partial charge in [-0.25, -0.2) is 0 Å². The van der Waals surface area contributed by atoms with E-state index in [-0.39, 0.29) is 18.4 Å². The Hall–Kier alpha value is -1.69. The average molecular weight is 347 g/mol. The minimum atomic E-state index is -0.00837. The zero-order valence-corrected chi connectivity index (χ0v) is 15.1. The molecule has 0 N–H and O–H groups in total. The molecule has 5 nitrogen and oxygen atoms in total. The summed E-state index contributed by atoms with van der Waals surface area (Å²) in [6.45, 7) is 3.04. The maximum Gasteiger partial charge on any atom is 0.242 e. The zero-order valence-electron chi connectivity index (χ0n) is 14.2. The van der Waals surface area contributed by atoms with Crippen LogP contribution in [0.1, 0.15) is 24.8 Å². The van der Waals surface area contributed by atoms with Gasteiger partial charge in [-0.1, -0.05) is 12.1 Å². The highest BCUT2D eigenvalue weighted by Gasteiger charge is 2.24. The Kier molecular flexibility index (Phi) is 5.66. The Labute approximate surface area is 148 Å². The molecule has 130 valence electrons. The number of piperidine rings is 1. The van der Waals surface area contributed by atoms with Crippen molar-refractivity contribution in [1.29, 1.82) is 0 Å². The van der Waals surface area contributed by atoms with Crippen LogP contribution in [0.5, 0.6) is 0 Å². The summed E-state index contributed by atoms with van der Waals surface area (Å²) in [6, 6.07) is 8.51. The van der Waals surface area contributed by atoms with Gasteiger partial charge < -0.3 is 14.7 Å². The van der Waals surface area contributed by atoms with Crippen LogP contribution in [0.4, 0.5) is 5.69 Å². The van der Waals surface area contributed by atoms with Crippen LogP contribution in [0.3, 0.4) is 0 Å². The Morgan fingerprint density at radius 1 is 1.17 bits per heavy atom. The second-order valence-electron chi connectivity index (χ2n) is 6.53. The minimum Gasteiger partial charge on any atom is -0.372 e. The maximum atomic E-state index is 12.3. The number of carbonyl (C=O) groups excluding carboxylic acids is 2. The van der Waals surface area contributed by atoms with Gasteiger partial charge in [0.15, 0.2) is 0 Å². The molecule has 1 aromatic rings. The van der Waals surface area contributed by atoms with Gasteiger partial charge in [0.1, 0.15) is 6.54 Å². The van der Waals surface area contributed by atoms with Gasteiger partial charge in [0.25, 0.3) is 0 Å². The van der Waals surface area contributed by atoms with Crippen molar-refractivity contribution in [1.82, 2.24) is 9.80 Å². The quantitative estimate of drug-likeness (QED) is 0.819. The van der Waals surface area contributed by atoms with Gasteiger partial charge in [-0.15, -0.1) is 11.8 Å². The van der Waals surface area contributed by atoms with E-state index in [1.54, 1.807) is 28.6 Å². The summed E-state index contributed by atoms with van der Waals surface area (Å²) in [5.41, 5.74) is 2.39. The first kappa shape index (κ1) is 17.1. The third-order valence-corrected chi connectivity index (χ3v) is 5.60. The normalized spacial score (nSPS) is 18.1. The molecular weight excluding hydrogens is 322 g/mol. The van der Waals surface area contributed by atoms with Crippen LogP contribution >= 0.6 is 11.8 Å². The van der Waals surface area contributed by atoms with Crippen LogP contribution in [0.25, 0.3) is 0 Å². The number of hydrogen-bond donors (Lipinski definition) is 0. The fourth-order valence-corrected chi connectivity index (χ4v) is 4.05. The molecule has 2 amide bonds. The lowest BCUT2D eigenvalue weighted by molar-refractivity contribution is -0.137. The first-order chi connectivity index (χ1) is 11.6. The number of nitrogens with zero attached hydrogens (tertiary/aromatic N) is 3. The summed E-state index contributed by atoms with van der Waals surface area (Å²) in [5.74, 6) is 1.18. The number of benzene rings is 1. The van der Waals surface area contributed by atoms with Crippen molar-refractivity contribution in [3.63, 3.8) is 0 Å². The van der Waals surface area contributed by atoms with E-state index in [0.29, 0.717) is 18.2 Å². The van der Waals surface area contributed by atoms with Crippen molar-refractivity contribution in [2.24, 2.45) is 0 Å². The summed E-state index contributed by atoms with van der Waals surface area (Å²) >= 11 is 1.56. The monoisotopic (exact) mass is 347 g/mol. The van der Waals surface area contributed by atoms with E-state index in [1.807, 2.05) is 0 Å². The highest BCUT2D eigenvalue weighted by Crippen LogP contribution is 2.21. The lowest BCUT2D eigenvalue weighted by Gasteiger charge is -2.29. The second-order valence-corrected chi connectivity index (χ2v) is 7.49. The summed E-state index contributed by atoms with van der Waals surface area (Å²) in [5, 5.41) is 0. The van der Waals surface area contributed by atoms with E-state index in [1.165, 1.54) is 24.9 Å². The molecule has 24 heavy (non-hydrogen) atoms. The van der Waals surface area contributed by atoms with E-state index in [4.69, 9.17) is 0 Å². The lowest BCUT2D eigenvalue weighted by Crippen LogP contribution is -2.38. The molecule has 3 rings (SSSR count). The van der Waals surface area contributed by atoms with Crippen LogP contribution in [0.15, 0.2) is 24.3 Å². The van der Waals surface area contributed by atoms with Crippen molar-refractivity contribution in [2.45, 2.75) is 25.8 Å². The van der Waals surface area contributed by atoms with Gasteiger partial charge in [0.2, 0.25) is 11.8 Å². The van der Waals surface area contributed by atoms with E-state index in [9.17, 15) is 9.59 Å². The van der Waals surface area contributed by atoms with Crippen LogP contribution in [0.2, 0.25) is 0 Å². The molecule has 2 fully saturated rings. The molecule has 2 heterocycles. The van der Waals surface area contributed by atoms with Crippen LogP contribution in [-0.4, -0.2) is 59.9 Å². The highest BCUT2D eigenvalue weighted by atomic mass is 32.2. The van der Waals surface area contributed by atoms with E-state index < -0.39 is 0 Å². The molecule has 2 saturated heterocycles. The van der Waals surface area contributed by atoms with Gasteiger partial charge in [-0.05, 0) is 37.0 Å². The highest BCUT2D eigenvalue weighted by molar-refractivity contribution is 8.00. The third kappa shape index (κ3) is 4.23. The first-order valence-corrected chi connectivity index (χ1v) is 9.72. The Morgan fingerprint density at radius 3 is 2.50 bits per heavy atom. The van der Waals surface area contributed by atoms with Crippen molar-refractivity contribution in [3.8, 4) is 0 Å². The zero-order chi connectivity index (χ0) is 16.9. The van der Waals surface area contributed by atoms with Crippen LogP contribution in [-0.2, 0) is 16.1 Å². The second kappa shape index (κ2) is 7.92. The van der Waals surface area contributed by atoms with Gasteiger partial charge in [0, 0.05) is 32.4 Å². The molecule has 2 aliphatic heterocycles. The van der Waals surface area contributed by atoms with E-state index in [0.717, 1.165) is 18.7 Å². The Balaban J connectivity index is 1.52. The number of hydrogen-bond acceptors (Lipinski definition) is 4. The number of likely N-dealkylation sites (N-methyl/N-ethyl adjacent to an activating group) is 1. The van der Waals surface area contributed by atoms with Crippen LogP contribution in [0, 0.1) is 0 Å². The molecular formula is C18H25N3O2S. The SMILES string of the molecule is CN(Cc1ccc(N2CCCCC2)cc1)C(=O)CN1CSCC1=O. The van der Waals surface area contributed by atoms with Crippen LogP contribution < -0.4 is 4.90 Å². The summed E-state index contributed by atoms with van der Waals surface area (Å²) in [7, 11) is 1.80. The van der Waals surface area contributed by atoms with Gasteiger partial charge in [0.05, 0.1) is 11.6 Å². The third-order valence-electron chi connectivity index (χ3n) is 4.65. The molecule has 0 radical (unpaired) electrons. The molecule has 0 atom stereocenters. The van der Waals surface area contributed by atoms with Crippen molar-refractivity contribution in [2.75, 3.05) is 43.2 Å². The predicted octanol–water partition coefficient (Wildman–Crippen LogP) is 2.17. The number of carbonyl (C=O) groups is 2. The van der Waals surface area contributed by atoms with Gasteiger partial charge >= 0.3 is 0 Å². The van der Waals surface area contributed by atoms with E-state index >= 15 is 0 Å². The molecule has 0 unspecified atom stereocenters. The fourth-order valence-electron chi connectivity index (χ4n) is 3.15.